The van der Waals surface area contributed by atoms with E-state index >= 15 is 0 Å². The zero-order valence-electron chi connectivity index (χ0n) is 14.0. The number of carbonyl (C=O) groups is 1. The van der Waals surface area contributed by atoms with Gasteiger partial charge < -0.3 is 15.1 Å². The molecule has 0 bridgehead atoms. The highest BCUT2D eigenvalue weighted by Gasteiger charge is 2.28. The van der Waals surface area contributed by atoms with E-state index in [1.165, 1.54) is 30.8 Å². The smallest absolute Gasteiger partial charge is 0.321 e. The second kappa shape index (κ2) is 8.06. The van der Waals surface area contributed by atoms with Gasteiger partial charge in [-0.25, -0.2) is 4.79 Å². The number of urea groups is 1. The van der Waals surface area contributed by atoms with Crippen molar-refractivity contribution >= 4 is 23.5 Å². The maximum atomic E-state index is 12.5. The molecule has 1 N–H and O–H groups in total. The minimum Gasteiger partial charge on any atom is -0.324 e. The summed E-state index contributed by atoms with van der Waals surface area (Å²) < 4.78 is 0. The van der Waals surface area contributed by atoms with Crippen LogP contribution in [-0.2, 0) is 0 Å². The summed E-state index contributed by atoms with van der Waals surface area (Å²) in [7, 11) is 0. The van der Waals surface area contributed by atoms with Crippen molar-refractivity contribution in [3.63, 3.8) is 0 Å². The lowest BCUT2D eigenvalue weighted by molar-refractivity contribution is 0.217. The minimum absolute atomic E-state index is 0.0487. The van der Waals surface area contributed by atoms with Crippen LogP contribution in [0, 0.1) is 5.92 Å². The van der Waals surface area contributed by atoms with E-state index in [2.05, 4.69) is 29.3 Å². The van der Waals surface area contributed by atoms with Crippen LogP contribution in [0.1, 0.15) is 26.2 Å². The molecule has 0 spiro atoms. The van der Waals surface area contributed by atoms with Gasteiger partial charge in [0.2, 0.25) is 0 Å². The Kier molecular flexibility index (Phi) is 5.84. The predicted octanol–water partition coefficient (Wildman–Crippen LogP) is 3.75. The Morgan fingerprint density at radius 2 is 2.13 bits per heavy atom. The molecule has 0 saturated carbocycles. The number of carbonyl (C=O) groups excluding carboxylic acids is 1. The fraction of sp³-hybridized carbons (Fsp3) is 0.611. The van der Waals surface area contributed by atoms with Gasteiger partial charge in [-0.15, -0.1) is 11.8 Å². The predicted molar refractivity (Wildman–Crippen MR) is 97.2 cm³/mol. The highest BCUT2D eigenvalue weighted by Crippen LogP contribution is 2.23. The topological polar surface area (TPSA) is 35.6 Å². The molecule has 1 aromatic carbocycles. The van der Waals surface area contributed by atoms with Gasteiger partial charge in [-0.05, 0) is 62.2 Å². The zero-order valence-corrected chi connectivity index (χ0v) is 14.8. The molecule has 0 aliphatic carbocycles. The summed E-state index contributed by atoms with van der Waals surface area (Å²) in [5.74, 6) is 1.68. The van der Waals surface area contributed by atoms with Crippen molar-refractivity contribution in [2.75, 3.05) is 43.8 Å². The number of benzene rings is 1. The van der Waals surface area contributed by atoms with Gasteiger partial charge in [-0.3, -0.25) is 0 Å². The third-order valence-electron chi connectivity index (χ3n) is 4.68. The van der Waals surface area contributed by atoms with Crippen LogP contribution in [0.25, 0.3) is 0 Å². The molecular formula is C18H27N3OS. The molecule has 2 aliphatic rings. The van der Waals surface area contributed by atoms with E-state index in [9.17, 15) is 4.79 Å². The van der Waals surface area contributed by atoms with Crippen molar-refractivity contribution < 1.29 is 4.79 Å². The Morgan fingerprint density at radius 1 is 1.30 bits per heavy atom. The Morgan fingerprint density at radius 3 is 2.91 bits per heavy atom. The van der Waals surface area contributed by atoms with Gasteiger partial charge in [-0.1, -0.05) is 13.0 Å². The second-order valence-electron chi connectivity index (χ2n) is 6.50. The molecule has 2 saturated heterocycles. The standard InChI is InChI=1S/C18H27N3OS/c1-2-23-17-7-5-6-16(12-17)19-18(22)21-11-8-15(14-21)13-20-9-3-4-10-20/h5-7,12,15H,2-4,8-11,13-14H2,1H3,(H,19,22)/t15-/m0/s1. The van der Waals surface area contributed by atoms with Crippen LogP contribution in [0.2, 0.25) is 0 Å². The van der Waals surface area contributed by atoms with Crippen LogP contribution in [0.5, 0.6) is 0 Å². The van der Waals surface area contributed by atoms with E-state index in [1.807, 2.05) is 17.0 Å². The first kappa shape index (κ1) is 16.7. The van der Waals surface area contributed by atoms with Crippen molar-refractivity contribution in [2.24, 2.45) is 5.92 Å². The molecule has 2 amide bonds. The number of anilines is 1. The van der Waals surface area contributed by atoms with Gasteiger partial charge >= 0.3 is 6.03 Å². The van der Waals surface area contributed by atoms with Crippen LogP contribution in [0.15, 0.2) is 29.2 Å². The summed E-state index contributed by atoms with van der Waals surface area (Å²) in [6.45, 7) is 7.56. The zero-order chi connectivity index (χ0) is 16.1. The lowest BCUT2D eigenvalue weighted by Crippen LogP contribution is -2.34. The Hall–Kier alpha value is -1.20. The summed E-state index contributed by atoms with van der Waals surface area (Å²) in [4.78, 5) is 18.2. The molecule has 126 valence electrons. The van der Waals surface area contributed by atoms with E-state index in [0.717, 1.165) is 37.5 Å². The fourth-order valence-corrected chi connectivity index (χ4v) is 4.25. The SMILES string of the molecule is CCSc1cccc(NC(=O)N2CC[C@@H](CN3CCCC3)C2)c1. The minimum atomic E-state index is 0.0487. The second-order valence-corrected chi connectivity index (χ2v) is 7.84. The third kappa shape index (κ3) is 4.64. The number of rotatable bonds is 5. The van der Waals surface area contributed by atoms with Crippen molar-refractivity contribution in [3.8, 4) is 0 Å². The molecule has 2 aliphatic heterocycles. The first-order valence-electron chi connectivity index (χ1n) is 8.75. The first-order valence-corrected chi connectivity index (χ1v) is 9.74. The normalized spacial score (nSPS) is 21.8. The lowest BCUT2D eigenvalue weighted by atomic mass is 10.1. The number of hydrogen-bond acceptors (Lipinski definition) is 3. The molecule has 2 heterocycles. The Labute approximate surface area is 143 Å². The highest BCUT2D eigenvalue weighted by atomic mass is 32.2. The van der Waals surface area contributed by atoms with Crippen LogP contribution in [0.4, 0.5) is 10.5 Å². The molecule has 0 aromatic heterocycles. The summed E-state index contributed by atoms with van der Waals surface area (Å²) >= 11 is 1.80. The number of amides is 2. The third-order valence-corrected chi connectivity index (χ3v) is 5.56. The maximum absolute atomic E-state index is 12.5. The number of thioether (sulfide) groups is 1. The molecule has 1 atom stereocenters. The molecule has 2 fully saturated rings. The number of hydrogen-bond donors (Lipinski definition) is 1. The van der Waals surface area contributed by atoms with E-state index in [0.29, 0.717) is 5.92 Å². The van der Waals surface area contributed by atoms with Gasteiger partial charge in [0, 0.05) is 30.2 Å². The van der Waals surface area contributed by atoms with Crippen LogP contribution >= 0.6 is 11.8 Å². The van der Waals surface area contributed by atoms with E-state index in [4.69, 9.17) is 0 Å². The van der Waals surface area contributed by atoms with Crippen molar-refractivity contribution in [1.29, 1.82) is 0 Å². The first-order chi connectivity index (χ1) is 11.2. The van der Waals surface area contributed by atoms with Crippen molar-refractivity contribution in [3.05, 3.63) is 24.3 Å². The molecule has 1 aromatic rings. The molecule has 3 rings (SSSR count). The van der Waals surface area contributed by atoms with Crippen molar-refractivity contribution in [1.82, 2.24) is 9.80 Å². The number of nitrogens with one attached hydrogen (secondary N) is 1. The van der Waals surface area contributed by atoms with E-state index < -0.39 is 0 Å². The number of nitrogens with zero attached hydrogens (tertiary/aromatic N) is 2. The van der Waals surface area contributed by atoms with Crippen molar-refractivity contribution in [2.45, 2.75) is 31.1 Å². The van der Waals surface area contributed by atoms with Crippen LogP contribution in [-0.4, -0.2) is 54.3 Å². The molecule has 23 heavy (non-hydrogen) atoms. The van der Waals surface area contributed by atoms with Gasteiger partial charge in [0.05, 0.1) is 0 Å². The molecule has 0 unspecified atom stereocenters. The molecule has 5 heteroatoms. The van der Waals surface area contributed by atoms with Gasteiger partial charge in [0.1, 0.15) is 0 Å². The highest BCUT2D eigenvalue weighted by molar-refractivity contribution is 7.99. The average molecular weight is 334 g/mol. The molecule has 4 nitrogen and oxygen atoms in total. The molecular weight excluding hydrogens is 306 g/mol. The van der Waals surface area contributed by atoms with E-state index in [1.54, 1.807) is 11.8 Å². The summed E-state index contributed by atoms with van der Waals surface area (Å²) in [6, 6.07) is 8.17. The molecule has 0 radical (unpaired) electrons. The maximum Gasteiger partial charge on any atom is 0.321 e. The quantitative estimate of drug-likeness (QED) is 0.834. The largest absolute Gasteiger partial charge is 0.324 e. The Balaban J connectivity index is 1.49. The van der Waals surface area contributed by atoms with Gasteiger partial charge in [0.15, 0.2) is 0 Å². The van der Waals surface area contributed by atoms with Crippen LogP contribution in [0.3, 0.4) is 0 Å². The Bertz CT molecular complexity index is 531. The van der Waals surface area contributed by atoms with E-state index in [-0.39, 0.29) is 6.03 Å². The lowest BCUT2D eigenvalue weighted by Gasteiger charge is -2.21. The van der Waals surface area contributed by atoms with Crippen LogP contribution < -0.4 is 5.32 Å². The monoisotopic (exact) mass is 333 g/mol. The van der Waals surface area contributed by atoms with Gasteiger partial charge in [0.25, 0.3) is 0 Å². The summed E-state index contributed by atoms with van der Waals surface area (Å²) in [5.41, 5.74) is 0.899. The average Bonchev–Trinajstić information content (AvgIpc) is 3.20. The van der Waals surface area contributed by atoms with Gasteiger partial charge in [-0.2, -0.15) is 0 Å². The summed E-state index contributed by atoms with van der Waals surface area (Å²) in [6.07, 6.45) is 3.81. The fourth-order valence-electron chi connectivity index (χ4n) is 3.53. The number of likely N-dealkylation sites (tertiary alicyclic amines) is 2. The summed E-state index contributed by atoms with van der Waals surface area (Å²) in [5, 5.41) is 3.06.